The molecule has 0 aliphatic heterocycles. The first-order valence-electron chi connectivity index (χ1n) is 9.63. The lowest BCUT2D eigenvalue weighted by molar-refractivity contribution is 0.0961. The first kappa shape index (κ1) is 21.1. The lowest BCUT2D eigenvalue weighted by Gasteiger charge is -2.25. The van der Waals surface area contributed by atoms with E-state index < -0.39 is 11.9 Å². The second kappa shape index (κ2) is 9.76. The number of carbonyl (C=O) groups excluding carboxylic acids is 1. The number of halogens is 1. The number of Topliss-reactive ketones (excluding diaryl/α,β-unsaturated/α-hetero) is 1. The number of nitrogens with zero attached hydrogens (tertiary/aromatic N) is 2. The Labute approximate surface area is 176 Å². The molecule has 0 aliphatic rings. The second-order valence-electron chi connectivity index (χ2n) is 6.82. The molecule has 152 valence electrons. The topological polar surface area (TPSA) is 59.2 Å². The monoisotopic (exact) mass is 401 g/mol. The van der Waals surface area contributed by atoms with Crippen LogP contribution in [0.4, 0.5) is 15.9 Å². The Bertz CT molecular complexity index is 1050. The quantitative estimate of drug-likeness (QED) is 0.398. The van der Waals surface area contributed by atoms with Gasteiger partial charge in [0.05, 0.1) is 6.04 Å². The van der Waals surface area contributed by atoms with Crippen LogP contribution in [-0.2, 0) is 6.42 Å². The highest BCUT2D eigenvalue weighted by atomic mass is 19.1. The van der Waals surface area contributed by atoms with Gasteiger partial charge in [-0.05, 0) is 60.0 Å². The van der Waals surface area contributed by atoms with Gasteiger partial charge in [0.15, 0.2) is 5.78 Å². The minimum atomic E-state index is -0.883. The molecule has 0 saturated heterocycles. The highest BCUT2D eigenvalue weighted by molar-refractivity contribution is 6.00. The van der Waals surface area contributed by atoms with E-state index in [1.807, 2.05) is 35.2 Å². The SMILES string of the molecule is C=CCc1ccccc1N(CC=C)c1cc(C(N)C(=O)c2ccc(F)cc2)ccn1. The van der Waals surface area contributed by atoms with Gasteiger partial charge in [0, 0.05) is 24.0 Å². The molecule has 0 fully saturated rings. The summed E-state index contributed by atoms with van der Waals surface area (Å²) >= 11 is 0. The second-order valence-corrected chi connectivity index (χ2v) is 6.82. The Morgan fingerprint density at radius 2 is 1.83 bits per heavy atom. The van der Waals surface area contributed by atoms with Gasteiger partial charge in [0.25, 0.3) is 0 Å². The standard InChI is InChI=1S/C25H24FN3O/c1-3-7-18-8-5-6-9-22(18)29(16-4-2)23-17-20(14-15-28-23)24(27)25(30)19-10-12-21(26)13-11-19/h3-6,8-15,17,24H,1-2,7,16,27H2. The number of hydrogen-bond donors (Lipinski definition) is 1. The number of nitrogens with two attached hydrogens (primary N) is 1. The smallest absolute Gasteiger partial charge is 0.184 e. The maximum absolute atomic E-state index is 13.2. The van der Waals surface area contributed by atoms with Crippen molar-refractivity contribution in [2.24, 2.45) is 5.73 Å². The van der Waals surface area contributed by atoms with Gasteiger partial charge in [-0.1, -0.05) is 30.4 Å². The molecule has 0 spiro atoms. The number of anilines is 2. The maximum Gasteiger partial charge on any atom is 0.184 e. The molecule has 1 unspecified atom stereocenters. The highest BCUT2D eigenvalue weighted by Crippen LogP contribution is 2.29. The van der Waals surface area contributed by atoms with Crippen molar-refractivity contribution in [3.8, 4) is 0 Å². The normalized spacial score (nSPS) is 11.5. The summed E-state index contributed by atoms with van der Waals surface area (Å²) in [7, 11) is 0. The Balaban J connectivity index is 1.95. The molecule has 2 aromatic carbocycles. The van der Waals surface area contributed by atoms with Gasteiger partial charge < -0.3 is 10.6 Å². The summed E-state index contributed by atoms with van der Waals surface area (Å²) in [6, 6.07) is 16.0. The van der Waals surface area contributed by atoms with Crippen molar-refractivity contribution in [2.45, 2.75) is 12.5 Å². The fraction of sp³-hybridized carbons (Fsp3) is 0.120. The Kier molecular flexibility index (Phi) is 6.88. The summed E-state index contributed by atoms with van der Waals surface area (Å²) in [5, 5.41) is 0. The van der Waals surface area contributed by atoms with E-state index in [9.17, 15) is 9.18 Å². The van der Waals surface area contributed by atoms with Crippen molar-refractivity contribution >= 4 is 17.3 Å². The predicted molar refractivity (Wildman–Crippen MR) is 119 cm³/mol. The first-order valence-corrected chi connectivity index (χ1v) is 9.63. The number of para-hydroxylation sites is 1. The summed E-state index contributed by atoms with van der Waals surface area (Å²) in [6.45, 7) is 8.23. The number of pyridine rings is 1. The zero-order chi connectivity index (χ0) is 21.5. The number of carbonyl (C=O) groups is 1. The Hall–Kier alpha value is -3.57. The molecule has 4 nitrogen and oxygen atoms in total. The number of allylic oxidation sites excluding steroid dienone is 1. The van der Waals surface area contributed by atoms with E-state index in [4.69, 9.17) is 5.73 Å². The molecule has 1 atom stereocenters. The van der Waals surface area contributed by atoms with Crippen LogP contribution >= 0.6 is 0 Å². The lowest BCUT2D eigenvalue weighted by Crippen LogP contribution is -2.23. The summed E-state index contributed by atoms with van der Waals surface area (Å²) < 4.78 is 13.2. The van der Waals surface area contributed by atoms with Gasteiger partial charge in [-0.3, -0.25) is 4.79 Å². The van der Waals surface area contributed by atoms with Gasteiger partial charge in [0.1, 0.15) is 11.6 Å². The van der Waals surface area contributed by atoms with E-state index in [2.05, 4.69) is 18.1 Å². The maximum atomic E-state index is 13.2. The third-order valence-electron chi connectivity index (χ3n) is 4.77. The summed E-state index contributed by atoms with van der Waals surface area (Å²) in [6.07, 6.45) is 6.00. The van der Waals surface area contributed by atoms with Crippen LogP contribution in [0.1, 0.15) is 27.5 Å². The van der Waals surface area contributed by atoms with Crippen LogP contribution < -0.4 is 10.6 Å². The molecule has 5 heteroatoms. The molecule has 0 saturated carbocycles. The fourth-order valence-electron chi connectivity index (χ4n) is 3.27. The van der Waals surface area contributed by atoms with E-state index in [1.54, 1.807) is 24.4 Å². The van der Waals surface area contributed by atoms with E-state index in [-0.39, 0.29) is 5.78 Å². The molecular weight excluding hydrogens is 377 g/mol. The number of ketones is 1. The van der Waals surface area contributed by atoms with Crippen LogP contribution in [0.15, 0.2) is 92.2 Å². The third-order valence-corrected chi connectivity index (χ3v) is 4.77. The van der Waals surface area contributed by atoms with E-state index in [1.165, 1.54) is 24.3 Å². The minimum Gasteiger partial charge on any atom is -0.322 e. The number of benzene rings is 2. The van der Waals surface area contributed by atoms with Crippen molar-refractivity contribution in [1.82, 2.24) is 4.98 Å². The zero-order valence-electron chi connectivity index (χ0n) is 16.7. The van der Waals surface area contributed by atoms with Gasteiger partial charge in [-0.25, -0.2) is 9.37 Å². The van der Waals surface area contributed by atoms with Gasteiger partial charge in [0.2, 0.25) is 0 Å². The van der Waals surface area contributed by atoms with Gasteiger partial charge in [-0.15, -0.1) is 13.2 Å². The Morgan fingerprint density at radius 3 is 2.53 bits per heavy atom. The summed E-state index contributed by atoms with van der Waals surface area (Å²) in [5.41, 5.74) is 9.33. The highest BCUT2D eigenvalue weighted by Gasteiger charge is 2.20. The Morgan fingerprint density at radius 1 is 1.10 bits per heavy atom. The van der Waals surface area contributed by atoms with Crippen LogP contribution in [0, 0.1) is 5.82 Å². The molecule has 0 bridgehead atoms. The average Bonchev–Trinajstić information content (AvgIpc) is 2.78. The zero-order valence-corrected chi connectivity index (χ0v) is 16.7. The molecule has 3 rings (SSSR count). The van der Waals surface area contributed by atoms with Crippen molar-refractivity contribution in [1.29, 1.82) is 0 Å². The summed E-state index contributed by atoms with van der Waals surface area (Å²) in [5.74, 6) is -0.0229. The van der Waals surface area contributed by atoms with Crippen LogP contribution in [0.2, 0.25) is 0 Å². The molecule has 0 amide bonds. The largest absolute Gasteiger partial charge is 0.322 e. The van der Waals surface area contributed by atoms with Crippen molar-refractivity contribution < 1.29 is 9.18 Å². The number of rotatable bonds is 9. The van der Waals surface area contributed by atoms with Gasteiger partial charge in [-0.2, -0.15) is 0 Å². The van der Waals surface area contributed by atoms with Crippen LogP contribution in [0.3, 0.4) is 0 Å². The molecule has 1 heterocycles. The molecule has 3 aromatic rings. The van der Waals surface area contributed by atoms with E-state index in [0.29, 0.717) is 29.9 Å². The molecule has 1 aromatic heterocycles. The van der Waals surface area contributed by atoms with Crippen molar-refractivity contribution in [3.05, 3.63) is 115 Å². The predicted octanol–water partition coefficient (Wildman–Crippen LogP) is 5.16. The lowest BCUT2D eigenvalue weighted by atomic mass is 9.98. The molecular formula is C25H24FN3O. The fourth-order valence-corrected chi connectivity index (χ4v) is 3.27. The van der Waals surface area contributed by atoms with Crippen LogP contribution in [0.5, 0.6) is 0 Å². The number of hydrogen-bond acceptors (Lipinski definition) is 4. The molecule has 30 heavy (non-hydrogen) atoms. The van der Waals surface area contributed by atoms with Crippen molar-refractivity contribution in [2.75, 3.05) is 11.4 Å². The van der Waals surface area contributed by atoms with E-state index in [0.717, 1.165) is 11.3 Å². The van der Waals surface area contributed by atoms with E-state index >= 15 is 0 Å². The molecule has 2 N–H and O–H groups in total. The minimum absolute atomic E-state index is 0.283. The molecule has 0 radical (unpaired) electrons. The van der Waals surface area contributed by atoms with Crippen molar-refractivity contribution in [3.63, 3.8) is 0 Å². The van der Waals surface area contributed by atoms with Gasteiger partial charge >= 0.3 is 0 Å². The average molecular weight is 401 g/mol. The first-order chi connectivity index (χ1) is 14.5. The summed E-state index contributed by atoms with van der Waals surface area (Å²) in [4.78, 5) is 19.3. The molecule has 0 aliphatic carbocycles. The van der Waals surface area contributed by atoms with Crippen LogP contribution in [-0.4, -0.2) is 17.3 Å². The number of aromatic nitrogens is 1. The van der Waals surface area contributed by atoms with Crippen LogP contribution in [0.25, 0.3) is 0 Å². The third kappa shape index (κ3) is 4.70.